The number of aromatic nitrogens is 2. The van der Waals surface area contributed by atoms with E-state index < -0.39 is 5.97 Å². The van der Waals surface area contributed by atoms with Crippen molar-refractivity contribution in [3.8, 4) is 0 Å². The number of aliphatic hydroxyl groups excluding tert-OH is 1. The molecule has 0 amide bonds. The Labute approximate surface area is 161 Å². The van der Waals surface area contributed by atoms with Crippen molar-refractivity contribution in [1.29, 1.82) is 0 Å². The number of aromatic amines is 1. The van der Waals surface area contributed by atoms with Crippen molar-refractivity contribution >= 4 is 22.6 Å². The largest absolute Gasteiger partial charge is 0.478 e. The van der Waals surface area contributed by atoms with Gasteiger partial charge in [-0.1, -0.05) is 0 Å². The minimum absolute atomic E-state index is 0.108. The van der Waals surface area contributed by atoms with Crippen molar-refractivity contribution in [3.63, 3.8) is 0 Å². The molecule has 28 heavy (non-hydrogen) atoms. The van der Waals surface area contributed by atoms with Gasteiger partial charge in [0.15, 0.2) is 0 Å². The molecule has 0 bridgehead atoms. The Balaban J connectivity index is 1.75. The summed E-state index contributed by atoms with van der Waals surface area (Å²) < 4.78 is 0. The van der Waals surface area contributed by atoms with E-state index in [1.807, 2.05) is 24.3 Å². The molecular formula is C21H21N3O4. The summed E-state index contributed by atoms with van der Waals surface area (Å²) in [6, 6.07) is 10.8. The molecule has 3 N–H and O–H groups in total. The molecule has 1 aliphatic carbocycles. The molecule has 144 valence electrons. The van der Waals surface area contributed by atoms with Crippen LogP contribution in [0.4, 0.5) is 5.69 Å². The van der Waals surface area contributed by atoms with Gasteiger partial charge in [-0.15, -0.1) is 0 Å². The molecule has 1 atom stereocenters. The Morgan fingerprint density at radius 2 is 2.04 bits per heavy atom. The molecule has 1 unspecified atom stereocenters. The van der Waals surface area contributed by atoms with Gasteiger partial charge in [-0.25, -0.2) is 9.78 Å². The number of hydrogen-bond acceptors (Lipinski definition) is 5. The topological polar surface area (TPSA) is 107 Å². The molecule has 0 saturated carbocycles. The maximum Gasteiger partial charge on any atom is 0.335 e. The summed E-state index contributed by atoms with van der Waals surface area (Å²) in [6.45, 7) is 2.51. The fraction of sp³-hybridized carbons (Fsp3) is 0.286. The number of carbonyl (C=O) groups is 1. The Morgan fingerprint density at radius 1 is 1.29 bits per heavy atom. The van der Waals surface area contributed by atoms with Gasteiger partial charge >= 0.3 is 5.97 Å². The van der Waals surface area contributed by atoms with Gasteiger partial charge in [-0.05, 0) is 67.3 Å². The first-order valence-electron chi connectivity index (χ1n) is 9.28. The first kappa shape index (κ1) is 18.2. The van der Waals surface area contributed by atoms with Gasteiger partial charge < -0.3 is 20.1 Å². The van der Waals surface area contributed by atoms with Crippen LogP contribution in [0.2, 0.25) is 0 Å². The van der Waals surface area contributed by atoms with E-state index in [2.05, 4.69) is 21.8 Å². The van der Waals surface area contributed by atoms with Crippen molar-refractivity contribution in [2.45, 2.75) is 32.4 Å². The zero-order chi connectivity index (χ0) is 19.8. The second-order valence-electron chi connectivity index (χ2n) is 6.93. The predicted molar refractivity (Wildman–Crippen MR) is 106 cm³/mol. The lowest BCUT2D eigenvalue weighted by Gasteiger charge is -2.31. The summed E-state index contributed by atoms with van der Waals surface area (Å²) >= 11 is 0. The SMILES string of the molecule is CCN(c1ccc(C(=O)O)cc1)C1CCc2cc3nc(CO)[nH]c(=O)c3cc21. The number of hydrogen-bond donors (Lipinski definition) is 3. The third-order valence-electron chi connectivity index (χ3n) is 5.37. The summed E-state index contributed by atoms with van der Waals surface area (Å²) in [4.78, 5) is 32.7. The first-order valence-corrected chi connectivity index (χ1v) is 9.28. The first-order chi connectivity index (χ1) is 13.5. The Morgan fingerprint density at radius 3 is 2.68 bits per heavy atom. The van der Waals surface area contributed by atoms with Gasteiger partial charge in [0.25, 0.3) is 5.56 Å². The quantitative estimate of drug-likeness (QED) is 0.629. The van der Waals surface area contributed by atoms with Crippen LogP contribution in [-0.2, 0) is 13.0 Å². The standard InChI is InChI=1S/C21H21N3O4/c1-2-24(14-6-3-12(4-7-14)21(27)28)18-8-5-13-9-17-16(10-15(13)18)20(26)23-19(11-25)22-17/h3-4,6-7,9-10,18,25H,2,5,8,11H2,1H3,(H,27,28)(H,22,23,26). The number of aromatic carboxylic acids is 1. The van der Waals surface area contributed by atoms with E-state index in [0.717, 1.165) is 36.2 Å². The number of nitrogens with zero attached hydrogens (tertiary/aromatic N) is 2. The van der Waals surface area contributed by atoms with Gasteiger partial charge in [-0.2, -0.15) is 0 Å². The van der Waals surface area contributed by atoms with E-state index in [0.29, 0.717) is 10.9 Å². The van der Waals surface area contributed by atoms with Crippen molar-refractivity contribution < 1.29 is 15.0 Å². The van der Waals surface area contributed by atoms with Crippen LogP contribution in [0.25, 0.3) is 10.9 Å². The number of H-pyrrole nitrogens is 1. The maximum absolute atomic E-state index is 12.4. The maximum atomic E-state index is 12.4. The highest BCUT2D eigenvalue weighted by molar-refractivity contribution is 5.88. The lowest BCUT2D eigenvalue weighted by molar-refractivity contribution is 0.0697. The number of benzene rings is 2. The molecule has 0 spiro atoms. The van der Waals surface area contributed by atoms with E-state index in [1.165, 1.54) is 0 Å². The number of fused-ring (bicyclic) bond motifs is 2. The predicted octanol–water partition coefficient (Wildman–Crippen LogP) is 2.63. The van der Waals surface area contributed by atoms with E-state index in [4.69, 9.17) is 5.11 Å². The minimum atomic E-state index is -0.943. The van der Waals surface area contributed by atoms with Crippen LogP contribution in [0.1, 0.15) is 46.7 Å². The zero-order valence-electron chi connectivity index (χ0n) is 15.5. The van der Waals surface area contributed by atoms with Gasteiger partial charge in [0.05, 0.1) is 22.5 Å². The van der Waals surface area contributed by atoms with Gasteiger partial charge in [0, 0.05) is 12.2 Å². The molecule has 0 saturated heterocycles. The fourth-order valence-electron chi connectivity index (χ4n) is 4.05. The van der Waals surface area contributed by atoms with Crippen LogP contribution < -0.4 is 10.5 Å². The number of nitrogens with one attached hydrogen (secondary N) is 1. The third kappa shape index (κ3) is 3.03. The smallest absolute Gasteiger partial charge is 0.335 e. The molecule has 0 aliphatic heterocycles. The van der Waals surface area contributed by atoms with Crippen molar-refractivity contribution in [3.05, 3.63) is 69.3 Å². The minimum Gasteiger partial charge on any atom is -0.478 e. The van der Waals surface area contributed by atoms with Crippen LogP contribution in [0.5, 0.6) is 0 Å². The summed E-state index contributed by atoms with van der Waals surface area (Å²) in [5, 5.41) is 18.9. The normalized spacial score (nSPS) is 15.6. The van der Waals surface area contributed by atoms with Gasteiger partial charge in [0.2, 0.25) is 0 Å². The molecule has 7 nitrogen and oxygen atoms in total. The second-order valence-corrected chi connectivity index (χ2v) is 6.93. The lowest BCUT2D eigenvalue weighted by atomic mass is 10.0. The average molecular weight is 379 g/mol. The number of aliphatic hydroxyl groups is 1. The number of aryl methyl sites for hydroxylation is 1. The molecule has 3 aromatic rings. The molecule has 1 aromatic heterocycles. The van der Waals surface area contributed by atoms with Crippen molar-refractivity contribution in [2.75, 3.05) is 11.4 Å². The van der Waals surface area contributed by atoms with Gasteiger partial charge in [0.1, 0.15) is 12.4 Å². The number of carboxylic acid groups (broad SMARTS) is 1. The van der Waals surface area contributed by atoms with Crippen LogP contribution in [0.3, 0.4) is 0 Å². The highest BCUT2D eigenvalue weighted by Crippen LogP contribution is 2.39. The molecule has 2 aromatic carbocycles. The van der Waals surface area contributed by atoms with Crippen molar-refractivity contribution in [2.24, 2.45) is 0 Å². The highest BCUT2D eigenvalue weighted by Gasteiger charge is 2.28. The van der Waals surface area contributed by atoms with Crippen molar-refractivity contribution in [1.82, 2.24) is 9.97 Å². The summed E-state index contributed by atoms with van der Waals surface area (Å²) in [5.41, 5.74) is 3.81. The average Bonchev–Trinajstić information content (AvgIpc) is 3.10. The summed E-state index contributed by atoms with van der Waals surface area (Å²) in [6.07, 6.45) is 1.79. The molecule has 0 radical (unpaired) electrons. The molecule has 7 heteroatoms. The van der Waals surface area contributed by atoms with E-state index in [-0.39, 0.29) is 29.6 Å². The molecule has 0 fully saturated rings. The van der Waals surface area contributed by atoms with E-state index in [9.17, 15) is 14.7 Å². The number of rotatable bonds is 5. The highest BCUT2D eigenvalue weighted by atomic mass is 16.4. The van der Waals surface area contributed by atoms with Crippen LogP contribution in [0.15, 0.2) is 41.2 Å². The molecular weight excluding hydrogens is 358 g/mol. The number of carboxylic acids is 1. The molecule has 1 heterocycles. The van der Waals surface area contributed by atoms with Crippen LogP contribution in [-0.4, -0.2) is 32.7 Å². The Kier molecular flexibility index (Phi) is 4.60. The van der Waals surface area contributed by atoms with E-state index >= 15 is 0 Å². The third-order valence-corrected chi connectivity index (χ3v) is 5.37. The molecule has 1 aliphatic rings. The summed E-state index contributed by atoms with van der Waals surface area (Å²) in [7, 11) is 0. The monoisotopic (exact) mass is 379 g/mol. The zero-order valence-corrected chi connectivity index (χ0v) is 15.5. The van der Waals surface area contributed by atoms with Crippen LogP contribution >= 0.6 is 0 Å². The molecule has 4 rings (SSSR count). The lowest BCUT2D eigenvalue weighted by Crippen LogP contribution is -2.27. The summed E-state index contributed by atoms with van der Waals surface area (Å²) in [5.74, 6) is -0.679. The number of anilines is 1. The Hall–Kier alpha value is -3.19. The second kappa shape index (κ2) is 7.09. The van der Waals surface area contributed by atoms with E-state index in [1.54, 1.807) is 12.1 Å². The Bertz CT molecular complexity index is 1110. The van der Waals surface area contributed by atoms with Gasteiger partial charge in [-0.3, -0.25) is 4.79 Å². The van der Waals surface area contributed by atoms with Crippen LogP contribution in [0, 0.1) is 0 Å². The fourth-order valence-corrected chi connectivity index (χ4v) is 4.05.